The molecule has 1 aliphatic heterocycles. The highest BCUT2D eigenvalue weighted by molar-refractivity contribution is 7.91. The van der Waals surface area contributed by atoms with Crippen LogP contribution in [-0.2, 0) is 14.6 Å². The molecule has 0 saturated carbocycles. The molecule has 0 aromatic heterocycles. The number of sulfone groups is 1. The molecule has 1 saturated heterocycles. The van der Waals surface area contributed by atoms with Gasteiger partial charge in [-0.25, -0.2) is 8.42 Å². The van der Waals surface area contributed by atoms with Crippen LogP contribution in [0.4, 0.5) is 0 Å². The van der Waals surface area contributed by atoms with Gasteiger partial charge in [0.25, 0.3) is 0 Å². The van der Waals surface area contributed by atoms with Crippen LogP contribution in [0.5, 0.6) is 11.5 Å². The summed E-state index contributed by atoms with van der Waals surface area (Å²) in [5.41, 5.74) is 2.39. The Morgan fingerprint density at radius 3 is 2.09 bits per heavy atom. The van der Waals surface area contributed by atoms with Gasteiger partial charge in [-0.1, -0.05) is 60.4 Å². The summed E-state index contributed by atoms with van der Waals surface area (Å²) in [6.07, 6.45) is 1.77. The maximum Gasteiger partial charge on any atom is 0.150 e. The Hall–Kier alpha value is -2.05. The number of phenolic OH excluding ortho intramolecular Hbond substituents is 1. The summed E-state index contributed by atoms with van der Waals surface area (Å²) >= 11 is 0. The molecule has 0 amide bonds. The van der Waals surface area contributed by atoms with Crippen LogP contribution < -0.4 is 4.74 Å². The molecule has 4 unspecified atom stereocenters. The molecule has 4 atom stereocenters. The van der Waals surface area contributed by atoms with E-state index in [2.05, 4.69) is 26.0 Å². The molecule has 1 aliphatic rings. The second-order valence-corrected chi connectivity index (χ2v) is 11.2. The number of benzene rings is 2. The number of hydrogen-bond donors (Lipinski definition) is 1. The minimum Gasteiger partial charge on any atom is -0.508 e. The molecule has 200 valence electrons. The fourth-order valence-corrected chi connectivity index (χ4v) is 7.02. The number of ether oxygens (including phenoxy) is 2. The molecule has 1 heterocycles. The van der Waals surface area contributed by atoms with Crippen LogP contribution in [-0.4, -0.2) is 44.9 Å². The van der Waals surface area contributed by atoms with Crippen molar-refractivity contribution in [3.63, 3.8) is 0 Å². The topological polar surface area (TPSA) is 72.8 Å². The van der Waals surface area contributed by atoms with Gasteiger partial charge < -0.3 is 14.6 Å². The zero-order valence-electron chi connectivity index (χ0n) is 19.4. The molecule has 0 radical (unpaired) electrons. The third-order valence-corrected chi connectivity index (χ3v) is 8.50. The lowest BCUT2D eigenvalue weighted by Crippen LogP contribution is -2.15. The predicted molar refractivity (Wildman–Crippen MR) is 148 cm³/mol. The first-order chi connectivity index (χ1) is 15.3. The average Bonchev–Trinajstić information content (AvgIpc) is 3.02. The van der Waals surface area contributed by atoms with Crippen molar-refractivity contribution in [2.75, 3.05) is 31.3 Å². The summed E-state index contributed by atoms with van der Waals surface area (Å²) in [5.74, 6) is 2.57. The molecule has 3 rings (SSSR count). The number of hydrogen-bond acceptors (Lipinski definition) is 5. The van der Waals surface area contributed by atoms with E-state index in [0.29, 0.717) is 25.6 Å². The Labute approximate surface area is 214 Å². The Bertz CT molecular complexity index is 938. The van der Waals surface area contributed by atoms with Crippen LogP contribution in [0, 0.1) is 11.8 Å². The van der Waals surface area contributed by atoms with Crippen molar-refractivity contribution < 1.29 is 23.0 Å². The molecule has 0 bridgehead atoms. The highest BCUT2D eigenvalue weighted by Gasteiger charge is 2.36. The van der Waals surface area contributed by atoms with Gasteiger partial charge in [0.1, 0.15) is 18.1 Å². The standard InChI is InChI=1S/C26H36O5S.3CH4/c1-4-30-13-14-31-26-11-7-22(8-12-26)23(16-24-18-32(28,29)17-20(24)3)15-19(2)21-5-9-25(27)10-6-21;;;/h5-12,19-20,23-24,27H,4,13-18H2,1-3H3;3*1H4. The maximum atomic E-state index is 12.2. The molecule has 2 aromatic rings. The highest BCUT2D eigenvalue weighted by atomic mass is 32.2. The summed E-state index contributed by atoms with van der Waals surface area (Å²) in [4.78, 5) is 0. The molecule has 35 heavy (non-hydrogen) atoms. The molecular formula is C29H48O5S. The summed E-state index contributed by atoms with van der Waals surface area (Å²) in [5, 5.41) is 9.61. The van der Waals surface area contributed by atoms with E-state index in [0.717, 1.165) is 18.6 Å². The summed E-state index contributed by atoms with van der Waals surface area (Å²) in [6.45, 7) is 7.98. The molecule has 0 spiro atoms. The second kappa shape index (κ2) is 15.1. The van der Waals surface area contributed by atoms with Crippen LogP contribution in [0.3, 0.4) is 0 Å². The van der Waals surface area contributed by atoms with E-state index >= 15 is 0 Å². The molecule has 1 fully saturated rings. The van der Waals surface area contributed by atoms with Crippen molar-refractivity contribution in [3.05, 3.63) is 59.7 Å². The quantitative estimate of drug-likeness (QED) is 0.329. The van der Waals surface area contributed by atoms with Gasteiger partial charge >= 0.3 is 0 Å². The fourth-order valence-electron chi connectivity index (χ4n) is 4.69. The third kappa shape index (κ3) is 9.85. The second-order valence-electron chi connectivity index (χ2n) is 9.09. The van der Waals surface area contributed by atoms with Crippen molar-refractivity contribution in [1.29, 1.82) is 0 Å². The minimum absolute atomic E-state index is 0. The first-order valence-corrected chi connectivity index (χ1v) is 13.4. The zero-order chi connectivity index (χ0) is 23.1. The van der Waals surface area contributed by atoms with Crippen LogP contribution in [0.1, 0.15) is 78.9 Å². The lowest BCUT2D eigenvalue weighted by Gasteiger charge is -2.26. The van der Waals surface area contributed by atoms with E-state index in [1.54, 1.807) is 12.1 Å². The van der Waals surface area contributed by atoms with Crippen LogP contribution >= 0.6 is 0 Å². The van der Waals surface area contributed by atoms with E-state index in [9.17, 15) is 13.5 Å². The van der Waals surface area contributed by atoms with E-state index in [-0.39, 0.29) is 57.5 Å². The van der Waals surface area contributed by atoms with Gasteiger partial charge in [0.2, 0.25) is 0 Å². The normalized spacial score (nSPS) is 20.0. The SMILES string of the molecule is C.C.C.CCOCCOc1ccc(C(CC(C)c2ccc(O)cc2)CC2CS(=O)(=O)CC2C)cc1. The summed E-state index contributed by atoms with van der Waals surface area (Å²) in [7, 11) is -2.94. The predicted octanol–water partition coefficient (Wildman–Crippen LogP) is 7.06. The Kier molecular flexibility index (Phi) is 14.3. The van der Waals surface area contributed by atoms with Crippen molar-refractivity contribution in [2.24, 2.45) is 11.8 Å². The van der Waals surface area contributed by atoms with E-state index in [1.165, 1.54) is 11.1 Å². The van der Waals surface area contributed by atoms with Gasteiger partial charge in [-0.05, 0) is 78.8 Å². The van der Waals surface area contributed by atoms with E-state index < -0.39 is 9.84 Å². The molecule has 2 aromatic carbocycles. The number of rotatable bonds is 11. The van der Waals surface area contributed by atoms with Gasteiger partial charge in [-0.15, -0.1) is 0 Å². The lowest BCUT2D eigenvalue weighted by molar-refractivity contribution is 0.110. The Morgan fingerprint density at radius 1 is 0.943 bits per heavy atom. The van der Waals surface area contributed by atoms with Crippen LogP contribution in [0.15, 0.2) is 48.5 Å². The molecule has 5 nitrogen and oxygen atoms in total. The summed E-state index contributed by atoms with van der Waals surface area (Å²) in [6, 6.07) is 15.6. The molecule has 6 heteroatoms. The first kappa shape index (κ1) is 33.0. The lowest BCUT2D eigenvalue weighted by atomic mass is 9.79. The van der Waals surface area contributed by atoms with Crippen molar-refractivity contribution >= 4 is 9.84 Å². The van der Waals surface area contributed by atoms with Gasteiger partial charge in [0.05, 0.1) is 18.1 Å². The van der Waals surface area contributed by atoms with Gasteiger partial charge in [-0.3, -0.25) is 0 Å². The zero-order valence-corrected chi connectivity index (χ0v) is 20.2. The van der Waals surface area contributed by atoms with E-state index in [4.69, 9.17) is 9.47 Å². The van der Waals surface area contributed by atoms with Crippen molar-refractivity contribution in [1.82, 2.24) is 0 Å². The smallest absolute Gasteiger partial charge is 0.150 e. The third-order valence-electron chi connectivity index (χ3n) is 6.53. The monoisotopic (exact) mass is 508 g/mol. The average molecular weight is 509 g/mol. The van der Waals surface area contributed by atoms with Crippen molar-refractivity contribution in [3.8, 4) is 11.5 Å². The van der Waals surface area contributed by atoms with Crippen LogP contribution in [0.25, 0.3) is 0 Å². The number of phenols is 1. The molecule has 0 aliphatic carbocycles. The van der Waals surface area contributed by atoms with Crippen LogP contribution in [0.2, 0.25) is 0 Å². The largest absolute Gasteiger partial charge is 0.508 e. The minimum atomic E-state index is -2.94. The number of aromatic hydroxyl groups is 1. The Balaban J connectivity index is 0.00000385. The van der Waals surface area contributed by atoms with Gasteiger partial charge in [-0.2, -0.15) is 0 Å². The van der Waals surface area contributed by atoms with Gasteiger partial charge in [0, 0.05) is 6.61 Å². The maximum absolute atomic E-state index is 12.2. The summed E-state index contributed by atoms with van der Waals surface area (Å²) < 4.78 is 35.4. The first-order valence-electron chi connectivity index (χ1n) is 11.6. The van der Waals surface area contributed by atoms with E-state index in [1.807, 2.05) is 31.2 Å². The molecular weight excluding hydrogens is 460 g/mol. The van der Waals surface area contributed by atoms with Crippen molar-refractivity contribution in [2.45, 2.75) is 67.7 Å². The van der Waals surface area contributed by atoms with Gasteiger partial charge in [0.15, 0.2) is 9.84 Å². The Morgan fingerprint density at radius 2 is 1.54 bits per heavy atom. The fraction of sp³-hybridized carbons (Fsp3) is 0.586. The highest BCUT2D eigenvalue weighted by Crippen LogP contribution is 2.39. The molecule has 1 N–H and O–H groups in total.